The van der Waals surface area contributed by atoms with Crippen LogP contribution in [0, 0.1) is 0 Å². The van der Waals surface area contributed by atoms with Crippen molar-refractivity contribution in [1.29, 1.82) is 0 Å². The Labute approximate surface area is 114 Å². The second kappa shape index (κ2) is 6.75. The van der Waals surface area contributed by atoms with Gasteiger partial charge in [-0.2, -0.15) is 5.10 Å². The number of rotatable bonds is 4. The third kappa shape index (κ3) is 3.71. The Kier molecular flexibility index (Phi) is 5.62. The molecule has 2 rings (SSSR count). The van der Waals surface area contributed by atoms with Gasteiger partial charge in [0.25, 0.3) is 0 Å². The van der Waals surface area contributed by atoms with Gasteiger partial charge in [-0.25, -0.2) is 4.68 Å². The fraction of sp³-hybridized carbons (Fsp3) is 0.667. The van der Waals surface area contributed by atoms with E-state index in [2.05, 4.69) is 15.7 Å². The molecule has 1 amide bonds. The van der Waals surface area contributed by atoms with Crippen molar-refractivity contribution in [3.63, 3.8) is 0 Å². The van der Waals surface area contributed by atoms with E-state index >= 15 is 0 Å². The first-order valence-corrected chi connectivity index (χ1v) is 6.23. The molecule has 1 saturated heterocycles. The minimum Gasteiger partial charge on any atom is -0.313 e. The summed E-state index contributed by atoms with van der Waals surface area (Å²) in [6.07, 6.45) is 4.52. The van der Waals surface area contributed by atoms with Gasteiger partial charge in [0.2, 0.25) is 5.91 Å². The molecular weight excluding hydrogens is 252 g/mol. The SMILES string of the molecule is CC(C)n1nccc1NC(=O)CC1CCCN1.Cl. The topological polar surface area (TPSA) is 59.0 Å². The van der Waals surface area contributed by atoms with E-state index in [1.807, 2.05) is 24.6 Å². The number of carbonyl (C=O) groups excluding carboxylic acids is 1. The summed E-state index contributed by atoms with van der Waals surface area (Å²) in [5, 5.41) is 10.4. The Balaban J connectivity index is 0.00000162. The van der Waals surface area contributed by atoms with Crippen molar-refractivity contribution < 1.29 is 4.79 Å². The molecule has 1 aliphatic rings. The van der Waals surface area contributed by atoms with E-state index in [0.29, 0.717) is 12.5 Å². The van der Waals surface area contributed by atoms with Crippen molar-refractivity contribution in [3.05, 3.63) is 12.3 Å². The number of hydrogen-bond acceptors (Lipinski definition) is 3. The van der Waals surface area contributed by atoms with Crippen molar-refractivity contribution in [2.45, 2.75) is 45.2 Å². The Bertz CT molecular complexity index is 385. The summed E-state index contributed by atoms with van der Waals surface area (Å²) in [6, 6.07) is 2.43. The highest BCUT2D eigenvalue weighted by atomic mass is 35.5. The van der Waals surface area contributed by atoms with E-state index in [1.165, 1.54) is 6.42 Å². The van der Waals surface area contributed by atoms with Crippen LogP contribution in [-0.2, 0) is 4.79 Å². The van der Waals surface area contributed by atoms with Crippen LogP contribution in [-0.4, -0.2) is 28.3 Å². The maximum Gasteiger partial charge on any atom is 0.227 e. The normalized spacial score (nSPS) is 18.7. The molecular formula is C12H21ClN4O. The molecule has 18 heavy (non-hydrogen) atoms. The van der Waals surface area contributed by atoms with Crippen LogP contribution < -0.4 is 10.6 Å². The number of nitrogens with zero attached hydrogens (tertiary/aromatic N) is 2. The summed E-state index contributed by atoms with van der Waals surface area (Å²) in [6.45, 7) is 5.12. The third-order valence-electron chi connectivity index (χ3n) is 3.02. The number of hydrogen-bond donors (Lipinski definition) is 2. The van der Waals surface area contributed by atoms with E-state index < -0.39 is 0 Å². The van der Waals surface area contributed by atoms with Crippen LogP contribution in [0.1, 0.15) is 39.2 Å². The average Bonchev–Trinajstić information content (AvgIpc) is 2.88. The molecule has 1 aliphatic heterocycles. The van der Waals surface area contributed by atoms with Gasteiger partial charge < -0.3 is 10.6 Å². The van der Waals surface area contributed by atoms with Crippen LogP contribution in [0.15, 0.2) is 12.3 Å². The fourth-order valence-electron chi connectivity index (χ4n) is 2.17. The second-order valence-corrected chi connectivity index (χ2v) is 4.80. The van der Waals surface area contributed by atoms with Crippen molar-refractivity contribution in [3.8, 4) is 0 Å². The first-order chi connectivity index (χ1) is 8.16. The van der Waals surface area contributed by atoms with Gasteiger partial charge in [-0.05, 0) is 33.2 Å². The Hall–Kier alpha value is -1.07. The summed E-state index contributed by atoms with van der Waals surface area (Å²) in [5.74, 6) is 0.842. The van der Waals surface area contributed by atoms with Gasteiger partial charge in [0.1, 0.15) is 5.82 Å². The van der Waals surface area contributed by atoms with Crippen LogP contribution in [0.3, 0.4) is 0 Å². The zero-order valence-electron chi connectivity index (χ0n) is 10.8. The molecule has 1 unspecified atom stereocenters. The van der Waals surface area contributed by atoms with Crippen molar-refractivity contribution in [1.82, 2.24) is 15.1 Å². The lowest BCUT2D eigenvalue weighted by Gasteiger charge is -2.13. The number of amides is 1. The number of aromatic nitrogens is 2. The molecule has 5 nitrogen and oxygen atoms in total. The molecule has 0 saturated carbocycles. The summed E-state index contributed by atoms with van der Waals surface area (Å²) < 4.78 is 1.82. The summed E-state index contributed by atoms with van der Waals surface area (Å²) in [4.78, 5) is 11.8. The zero-order valence-corrected chi connectivity index (χ0v) is 11.7. The summed E-state index contributed by atoms with van der Waals surface area (Å²) in [7, 11) is 0. The largest absolute Gasteiger partial charge is 0.313 e. The second-order valence-electron chi connectivity index (χ2n) is 4.80. The molecule has 0 radical (unpaired) electrons. The van der Waals surface area contributed by atoms with E-state index in [-0.39, 0.29) is 24.4 Å². The number of carbonyl (C=O) groups is 1. The van der Waals surface area contributed by atoms with Crippen LogP contribution in [0.5, 0.6) is 0 Å². The van der Waals surface area contributed by atoms with Gasteiger partial charge in [-0.3, -0.25) is 4.79 Å². The standard InChI is InChI=1S/C12H20N4O.ClH/c1-9(2)16-11(5-7-14-16)15-12(17)8-10-4-3-6-13-10;/h5,7,9-10,13H,3-4,6,8H2,1-2H3,(H,15,17);1H. The predicted octanol–water partition coefficient (Wildman–Crippen LogP) is 1.97. The van der Waals surface area contributed by atoms with E-state index in [9.17, 15) is 4.79 Å². The molecule has 2 heterocycles. The number of anilines is 1. The Morgan fingerprint density at radius 1 is 1.67 bits per heavy atom. The fourth-order valence-corrected chi connectivity index (χ4v) is 2.17. The van der Waals surface area contributed by atoms with Crippen LogP contribution >= 0.6 is 12.4 Å². The maximum absolute atomic E-state index is 11.8. The predicted molar refractivity (Wildman–Crippen MR) is 74.1 cm³/mol. The number of nitrogens with one attached hydrogen (secondary N) is 2. The van der Waals surface area contributed by atoms with Crippen molar-refractivity contribution in [2.24, 2.45) is 0 Å². The van der Waals surface area contributed by atoms with Crippen LogP contribution in [0.25, 0.3) is 0 Å². The molecule has 1 aromatic heterocycles. The average molecular weight is 273 g/mol. The Morgan fingerprint density at radius 2 is 2.44 bits per heavy atom. The van der Waals surface area contributed by atoms with Gasteiger partial charge in [-0.15, -0.1) is 12.4 Å². The highest BCUT2D eigenvalue weighted by Crippen LogP contribution is 2.14. The van der Waals surface area contributed by atoms with Gasteiger partial charge in [0, 0.05) is 24.6 Å². The van der Waals surface area contributed by atoms with Gasteiger partial charge in [0.15, 0.2) is 0 Å². The van der Waals surface area contributed by atoms with Crippen LogP contribution in [0.4, 0.5) is 5.82 Å². The van der Waals surface area contributed by atoms with Crippen molar-refractivity contribution >= 4 is 24.1 Å². The van der Waals surface area contributed by atoms with Crippen LogP contribution in [0.2, 0.25) is 0 Å². The lowest BCUT2D eigenvalue weighted by atomic mass is 10.1. The first kappa shape index (κ1) is 15.0. The minimum absolute atomic E-state index is 0. The smallest absolute Gasteiger partial charge is 0.227 e. The van der Waals surface area contributed by atoms with Gasteiger partial charge >= 0.3 is 0 Å². The highest BCUT2D eigenvalue weighted by molar-refractivity contribution is 5.90. The summed E-state index contributed by atoms with van der Waals surface area (Å²) in [5.41, 5.74) is 0. The number of halogens is 1. The maximum atomic E-state index is 11.8. The molecule has 0 aliphatic carbocycles. The lowest BCUT2D eigenvalue weighted by molar-refractivity contribution is -0.116. The first-order valence-electron chi connectivity index (χ1n) is 6.23. The van der Waals surface area contributed by atoms with Gasteiger partial charge in [0.05, 0.1) is 6.20 Å². The van der Waals surface area contributed by atoms with Gasteiger partial charge in [-0.1, -0.05) is 0 Å². The zero-order chi connectivity index (χ0) is 12.3. The quantitative estimate of drug-likeness (QED) is 0.881. The molecule has 0 aromatic carbocycles. The third-order valence-corrected chi connectivity index (χ3v) is 3.02. The molecule has 0 spiro atoms. The van der Waals surface area contributed by atoms with E-state index in [0.717, 1.165) is 18.8 Å². The minimum atomic E-state index is 0. The highest BCUT2D eigenvalue weighted by Gasteiger charge is 2.18. The van der Waals surface area contributed by atoms with E-state index in [1.54, 1.807) is 6.20 Å². The molecule has 1 atom stereocenters. The molecule has 0 bridgehead atoms. The molecule has 1 aromatic rings. The molecule has 6 heteroatoms. The lowest BCUT2D eigenvalue weighted by Crippen LogP contribution is -2.28. The molecule has 1 fully saturated rings. The molecule has 2 N–H and O–H groups in total. The Morgan fingerprint density at radius 3 is 3.06 bits per heavy atom. The summed E-state index contributed by atoms with van der Waals surface area (Å²) >= 11 is 0. The van der Waals surface area contributed by atoms with Crippen molar-refractivity contribution in [2.75, 3.05) is 11.9 Å². The van der Waals surface area contributed by atoms with E-state index in [4.69, 9.17) is 0 Å². The molecule has 102 valence electrons. The monoisotopic (exact) mass is 272 g/mol.